The number of alkyl halides is 3. The van der Waals surface area contributed by atoms with E-state index in [0.29, 0.717) is 16.6 Å². The Morgan fingerprint density at radius 3 is 2.67 bits per heavy atom. The number of nitrogens with one attached hydrogen (secondary N) is 1. The first-order valence-electron chi connectivity index (χ1n) is 7.22. The van der Waals surface area contributed by atoms with Gasteiger partial charge in [-0.05, 0) is 49.9 Å². The molecule has 1 aliphatic rings. The van der Waals surface area contributed by atoms with Crippen molar-refractivity contribution >= 4 is 15.9 Å². The van der Waals surface area contributed by atoms with Gasteiger partial charge in [0.15, 0.2) is 0 Å². The van der Waals surface area contributed by atoms with E-state index in [1.54, 1.807) is 12.1 Å². The summed E-state index contributed by atoms with van der Waals surface area (Å²) in [6, 6.07) is 4.10. The molecular weight excluding hydrogens is 343 g/mol. The van der Waals surface area contributed by atoms with Crippen LogP contribution >= 0.6 is 15.9 Å². The lowest BCUT2D eigenvalue weighted by molar-refractivity contribution is -0.138. The average Bonchev–Trinajstić information content (AvgIpc) is 2.93. The van der Waals surface area contributed by atoms with Crippen molar-refractivity contribution in [1.29, 1.82) is 0 Å². The molecule has 2 rings (SSSR count). The molecular formula is C16H19BrF3N. The van der Waals surface area contributed by atoms with Crippen molar-refractivity contribution in [3.05, 3.63) is 45.4 Å². The van der Waals surface area contributed by atoms with Crippen LogP contribution < -0.4 is 5.32 Å². The molecule has 0 fully saturated rings. The van der Waals surface area contributed by atoms with Crippen LogP contribution in [0.4, 0.5) is 13.2 Å². The van der Waals surface area contributed by atoms with Gasteiger partial charge in [-0.3, -0.25) is 0 Å². The Labute approximate surface area is 131 Å². The van der Waals surface area contributed by atoms with Gasteiger partial charge in [0.05, 0.1) is 11.6 Å². The Morgan fingerprint density at radius 2 is 2.10 bits per heavy atom. The molecule has 21 heavy (non-hydrogen) atoms. The van der Waals surface area contributed by atoms with Crippen molar-refractivity contribution < 1.29 is 13.2 Å². The molecule has 1 aromatic rings. The maximum absolute atomic E-state index is 13.3. The Balaban J connectivity index is 2.43. The number of hydrogen-bond donors (Lipinski definition) is 1. The maximum Gasteiger partial charge on any atom is 0.416 e. The largest absolute Gasteiger partial charge is 0.416 e. The van der Waals surface area contributed by atoms with Crippen molar-refractivity contribution in [1.82, 2.24) is 5.32 Å². The van der Waals surface area contributed by atoms with Crippen LogP contribution in [0.25, 0.3) is 0 Å². The molecule has 0 amide bonds. The SMILES string of the molecule is CCCNC(C1=CCCC1)c1ccc(Br)cc1C(F)(F)F. The van der Waals surface area contributed by atoms with E-state index < -0.39 is 11.7 Å². The monoisotopic (exact) mass is 361 g/mol. The summed E-state index contributed by atoms with van der Waals surface area (Å²) < 4.78 is 40.4. The average molecular weight is 362 g/mol. The maximum atomic E-state index is 13.3. The molecule has 0 saturated heterocycles. The van der Waals surface area contributed by atoms with E-state index in [1.165, 1.54) is 6.07 Å². The molecule has 5 heteroatoms. The Bertz CT molecular complexity index is 523. The van der Waals surface area contributed by atoms with Crippen LogP contribution in [0.1, 0.15) is 49.8 Å². The Kier molecular flexibility index (Phi) is 5.49. The van der Waals surface area contributed by atoms with E-state index in [4.69, 9.17) is 0 Å². The molecule has 0 spiro atoms. The molecule has 1 N–H and O–H groups in total. The molecule has 0 aliphatic heterocycles. The second-order valence-electron chi connectivity index (χ2n) is 5.29. The van der Waals surface area contributed by atoms with Crippen molar-refractivity contribution in [2.24, 2.45) is 0 Å². The van der Waals surface area contributed by atoms with Crippen molar-refractivity contribution in [2.45, 2.75) is 44.8 Å². The van der Waals surface area contributed by atoms with Gasteiger partial charge in [0.2, 0.25) is 0 Å². The number of rotatable bonds is 5. The fourth-order valence-corrected chi connectivity index (χ4v) is 3.07. The summed E-state index contributed by atoms with van der Waals surface area (Å²) in [5.74, 6) is 0. The first kappa shape index (κ1) is 16.6. The fraction of sp³-hybridized carbons (Fsp3) is 0.500. The lowest BCUT2D eigenvalue weighted by Gasteiger charge is -2.24. The van der Waals surface area contributed by atoms with Crippen LogP contribution in [-0.4, -0.2) is 6.54 Å². The first-order valence-corrected chi connectivity index (χ1v) is 8.01. The molecule has 0 radical (unpaired) electrons. The lowest BCUT2D eigenvalue weighted by atomic mass is 9.93. The summed E-state index contributed by atoms with van der Waals surface area (Å²) in [7, 11) is 0. The minimum atomic E-state index is -4.34. The normalized spacial score (nSPS) is 16.9. The highest BCUT2D eigenvalue weighted by molar-refractivity contribution is 9.10. The second kappa shape index (κ2) is 6.97. The van der Waals surface area contributed by atoms with Crippen LogP contribution in [0.2, 0.25) is 0 Å². The Morgan fingerprint density at radius 1 is 1.33 bits per heavy atom. The van der Waals surface area contributed by atoms with Crippen molar-refractivity contribution in [3.8, 4) is 0 Å². The van der Waals surface area contributed by atoms with Gasteiger partial charge in [-0.1, -0.05) is 40.6 Å². The van der Waals surface area contributed by atoms with Crippen LogP contribution in [0.5, 0.6) is 0 Å². The summed E-state index contributed by atoms with van der Waals surface area (Å²) in [5.41, 5.74) is 0.849. The van der Waals surface area contributed by atoms with E-state index in [2.05, 4.69) is 27.3 Å². The van der Waals surface area contributed by atoms with E-state index in [1.807, 2.05) is 6.92 Å². The molecule has 1 unspecified atom stereocenters. The van der Waals surface area contributed by atoms with Crippen molar-refractivity contribution in [3.63, 3.8) is 0 Å². The highest BCUT2D eigenvalue weighted by Gasteiger charge is 2.36. The second-order valence-corrected chi connectivity index (χ2v) is 6.20. The third-order valence-electron chi connectivity index (χ3n) is 3.68. The fourth-order valence-electron chi connectivity index (χ4n) is 2.71. The lowest BCUT2D eigenvalue weighted by Crippen LogP contribution is -2.26. The summed E-state index contributed by atoms with van der Waals surface area (Å²) in [6.07, 6.45) is 1.48. The van der Waals surface area contributed by atoms with Gasteiger partial charge in [0, 0.05) is 4.47 Å². The van der Waals surface area contributed by atoms with Crippen molar-refractivity contribution in [2.75, 3.05) is 6.54 Å². The van der Waals surface area contributed by atoms with Gasteiger partial charge >= 0.3 is 6.18 Å². The molecule has 1 aromatic carbocycles. The van der Waals surface area contributed by atoms with E-state index in [9.17, 15) is 13.2 Å². The molecule has 1 atom stereocenters. The number of benzene rings is 1. The zero-order valence-corrected chi connectivity index (χ0v) is 13.5. The van der Waals surface area contributed by atoms with Crippen LogP contribution in [-0.2, 0) is 6.18 Å². The van der Waals surface area contributed by atoms with E-state index in [-0.39, 0.29) is 6.04 Å². The zero-order valence-electron chi connectivity index (χ0n) is 11.9. The van der Waals surface area contributed by atoms with Gasteiger partial charge in [0.25, 0.3) is 0 Å². The minimum absolute atomic E-state index is 0.326. The summed E-state index contributed by atoms with van der Waals surface area (Å²) in [4.78, 5) is 0. The van der Waals surface area contributed by atoms with Gasteiger partial charge in [-0.25, -0.2) is 0 Å². The van der Waals surface area contributed by atoms with Crippen LogP contribution in [0.15, 0.2) is 34.3 Å². The smallest absolute Gasteiger partial charge is 0.307 e. The first-order chi connectivity index (χ1) is 9.93. The molecule has 0 heterocycles. The molecule has 1 aliphatic carbocycles. The molecule has 0 saturated carbocycles. The molecule has 0 aromatic heterocycles. The highest BCUT2D eigenvalue weighted by atomic mass is 79.9. The number of allylic oxidation sites excluding steroid dienone is 1. The van der Waals surface area contributed by atoms with Crippen LogP contribution in [0, 0.1) is 0 Å². The standard InChI is InChI=1S/C16H19BrF3N/c1-2-9-21-15(11-5-3-4-6-11)13-8-7-12(17)10-14(13)16(18,19)20/h5,7-8,10,15,21H,2-4,6,9H2,1H3. The summed E-state index contributed by atoms with van der Waals surface area (Å²) in [5, 5.41) is 3.28. The van der Waals surface area contributed by atoms with Gasteiger partial charge in [0.1, 0.15) is 0 Å². The predicted molar refractivity (Wildman–Crippen MR) is 82.1 cm³/mol. The van der Waals surface area contributed by atoms with Gasteiger partial charge in [-0.15, -0.1) is 0 Å². The summed E-state index contributed by atoms with van der Waals surface area (Å²) in [6.45, 7) is 2.72. The van der Waals surface area contributed by atoms with Gasteiger partial charge < -0.3 is 5.32 Å². The quantitative estimate of drug-likeness (QED) is 0.671. The van der Waals surface area contributed by atoms with Gasteiger partial charge in [-0.2, -0.15) is 13.2 Å². The predicted octanol–water partition coefficient (Wildman–Crippen LogP) is 5.62. The molecule has 1 nitrogen and oxygen atoms in total. The molecule has 116 valence electrons. The van der Waals surface area contributed by atoms with E-state index in [0.717, 1.165) is 31.3 Å². The number of hydrogen-bond acceptors (Lipinski definition) is 1. The highest BCUT2D eigenvalue weighted by Crippen LogP contribution is 2.40. The molecule has 0 bridgehead atoms. The zero-order chi connectivity index (χ0) is 15.5. The minimum Gasteiger partial charge on any atom is -0.307 e. The van der Waals surface area contributed by atoms with E-state index >= 15 is 0 Å². The third-order valence-corrected chi connectivity index (χ3v) is 4.17. The summed E-state index contributed by atoms with van der Waals surface area (Å²) >= 11 is 3.14. The number of halogens is 4. The topological polar surface area (TPSA) is 12.0 Å². The van der Waals surface area contributed by atoms with Crippen LogP contribution in [0.3, 0.4) is 0 Å². The Hall–Kier alpha value is -0.810. The third kappa shape index (κ3) is 4.10.